The van der Waals surface area contributed by atoms with Gasteiger partial charge in [0.2, 0.25) is 0 Å². The monoisotopic (exact) mass is 368 g/mol. The minimum atomic E-state index is 0.710. The van der Waals surface area contributed by atoms with E-state index >= 15 is 0 Å². The maximum absolute atomic E-state index is 4.58. The van der Waals surface area contributed by atoms with Gasteiger partial charge in [-0.1, -0.05) is 0 Å². The molecule has 1 aromatic carbocycles. The molecule has 0 bridgehead atoms. The van der Waals surface area contributed by atoms with Crippen LogP contribution < -0.4 is 5.32 Å². The first-order chi connectivity index (χ1) is 11.3. The lowest BCUT2D eigenvalue weighted by Gasteiger charge is -2.05. The molecule has 0 saturated heterocycles. The lowest BCUT2D eigenvalue weighted by molar-refractivity contribution is 1.07. The standard InChI is InChI=1S/C16H13BrN6/c17-11-5-14-16(20-6-11)23-15(22-14)10-1-3-12(4-2-10)19-8-13-7-18-9-21-13/h1-7,9,19H,8H2,(H,18,21)(H,20,22,23). The smallest absolute Gasteiger partial charge is 0.157 e. The van der Waals surface area contributed by atoms with Crippen molar-refractivity contribution < 1.29 is 0 Å². The fourth-order valence-electron chi connectivity index (χ4n) is 2.33. The number of nitrogens with zero attached hydrogens (tertiary/aromatic N) is 3. The van der Waals surface area contributed by atoms with Crippen molar-refractivity contribution in [3.8, 4) is 11.4 Å². The molecule has 23 heavy (non-hydrogen) atoms. The molecule has 0 unspecified atom stereocenters. The van der Waals surface area contributed by atoms with Crippen LogP contribution in [-0.2, 0) is 6.54 Å². The fraction of sp³-hybridized carbons (Fsp3) is 0.0625. The summed E-state index contributed by atoms with van der Waals surface area (Å²) in [5, 5.41) is 3.34. The van der Waals surface area contributed by atoms with Gasteiger partial charge in [0.25, 0.3) is 0 Å². The number of H-pyrrole nitrogens is 2. The van der Waals surface area contributed by atoms with Crippen molar-refractivity contribution in [2.45, 2.75) is 6.54 Å². The van der Waals surface area contributed by atoms with Crippen LogP contribution in [0, 0.1) is 0 Å². The van der Waals surface area contributed by atoms with Crippen LogP contribution in [0.5, 0.6) is 0 Å². The lowest BCUT2D eigenvalue weighted by atomic mass is 10.2. The van der Waals surface area contributed by atoms with Gasteiger partial charge in [-0.05, 0) is 46.3 Å². The van der Waals surface area contributed by atoms with Crippen LogP contribution in [0.3, 0.4) is 0 Å². The number of hydrogen-bond donors (Lipinski definition) is 3. The molecule has 0 saturated carbocycles. The van der Waals surface area contributed by atoms with Gasteiger partial charge in [0, 0.05) is 28.1 Å². The highest BCUT2D eigenvalue weighted by Gasteiger charge is 2.06. The third-order valence-electron chi connectivity index (χ3n) is 3.50. The van der Waals surface area contributed by atoms with Gasteiger partial charge in [0.05, 0.1) is 18.6 Å². The Labute approximate surface area is 140 Å². The highest BCUT2D eigenvalue weighted by molar-refractivity contribution is 9.10. The zero-order chi connectivity index (χ0) is 15.6. The van der Waals surface area contributed by atoms with Crippen LogP contribution >= 0.6 is 15.9 Å². The molecule has 0 spiro atoms. The second-order valence-electron chi connectivity index (χ2n) is 5.11. The van der Waals surface area contributed by atoms with Gasteiger partial charge < -0.3 is 15.3 Å². The molecule has 0 aliphatic heterocycles. The van der Waals surface area contributed by atoms with E-state index in [0.29, 0.717) is 6.54 Å². The maximum Gasteiger partial charge on any atom is 0.157 e. The first-order valence-corrected chi connectivity index (χ1v) is 7.90. The van der Waals surface area contributed by atoms with E-state index in [2.05, 4.69) is 46.2 Å². The number of halogens is 1. The molecule has 4 rings (SSSR count). The molecular formula is C16H13BrN6. The fourth-order valence-corrected chi connectivity index (χ4v) is 2.65. The Morgan fingerprint density at radius 1 is 1.13 bits per heavy atom. The van der Waals surface area contributed by atoms with Gasteiger partial charge in [-0.15, -0.1) is 0 Å². The van der Waals surface area contributed by atoms with E-state index < -0.39 is 0 Å². The summed E-state index contributed by atoms with van der Waals surface area (Å²) in [5.41, 5.74) is 4.73. The summed E-state index contributed by atoms with van der Waals surface area (Å²) in [7, 11) is 0. The van der Waals surface area contributed by atoms with Crippen molar-refractivity contribution in [2.24, 2.45) is 0 Å². The molecule has 3 aromatic heterocycles. The van der Waals surface area contributed by atoms with Crippen molar-refractivity contribution >= 4 is 32.8 Å². The molecule has 4 aromatic rings. The van der Waals surface area contributed by atoms with Crippen molar-refractivity contribution in [3.05, 3.63) is 59.2 Å². The number of pyridine rings is 1. The number of imidazole rings is 2. The normalized spacial score (nSPS) is 11.0. The Kier molecular flexibility index (Phi) is 3.55. The molecule has 0 fully saturated rings. The summed E-state index contributed by atoms with van der Waals surface area (Å²) in [6, 6.07) is 10.1. The molecular weight excluding hydrogens is 356 g/mol. The largest absolute Gasteiger partial charge is 0.379 e. The molecule has 7 heteroatoms. The lowest BCUT2D eigenvalue weighted by Crippen LogP contribution is -1.99. The zero-order valence-corrected chi connectivity index (χ0v) is 13.6. The molecule has 6 nitrogen and oxygen atoms in total. The zero-order valence-electron chi connectivity index (χ0n) is 12.0. The second kappa shape index (κ2) is 5.85. The number of hydrogen-bond acceptors (Lipinski definition) is 4. The van der Waals surface area contributed by atoms with Crippen LogP contribution in [0.25, 0.3) is 22.6 Å². The van der Waals surface area contributed by atoms with Gasteiger partial charge in [0.15, 0.2) is 5.65 Å². The van der Waals surface area contributed by atoms with E-state index in [4.69, 9.17) is 0 Å². The summed E-state index contributed by atoms with van der Waals surface area (Å²) < 4.78 is 0.918. The van der Waals surface area contributed by atoms with Crippen molar-refractivity contribution in [1.29, 1.82) is 0 Å². The third kappa shape index (κ3) is 2.95. The van der Waals surface area contributed by atoms with Crippen molar-refractivity contribution in [3.63, 3.8) is 0 Å². The van der Waals surface area contributed by atoms with Gasteiger partial charge in [-0.2, -0.15) is 0 Å². The van der Waals surface area contributed by atoms with Crippen molar-refractivity contribution in [2.75, 3.05) is 5.32 Å². The molecule has 0 aliphatic carbocycles. The Hall–Kier alpha value is -2.67. The number of aromatic amines is 2. The highest BCUT2D eigenvalue weighted by Crippen LogP contribution is 2.23. The maximum atomic E-state index is 4.58. The number of anilines is 1. The number of rotatable bonds is 4. The molecule has 114 valence electrons. The van der Waals surface area contributed by atoms with Crippen LogP contribution in [0.15, 0.2) is 53.5 Å². The Balaban J connectivity index is 1.54. The van der Waals surface area contributed by atoms with E-state index in [1.807, 2.05) is 30.3 Å². The number of fused-ring (bicyclic) bond motifs is 1. The first-order valence-electron chi connectivity index (χ1n) is 7.11. The summed E-state index contributed by atoms with van der Waals surface area (Å²) in [4.78, 5) is 19.2. The van der Waals surface area contributed by atoms with Crippen LogP contribution in [0.4, 0.5) is 5.69 Å². The van der Waals surface area contributed by atoms with Crippen LogP contribution in [0.2, 0.25) is 0 Å². The predicted octanol–water partition coefficient (Wildman–Crippen LogP) is 3.72. The van der Waals surface area contributed by atoms with E-state index in [1.165, 1.54) is 0 Å². The Bertz CT molecular complexity index is 927. The molecule has 0 atom stereocenters. The summed E-state index contributed by atoms with van der Waals surface area (Å²) in [6.45, 7) is 0.710. The molecule has 3 N–H and O–H groups in total. The Morgan fingerprint density at radius 3 is 2.78 bits per heavy atom. The molecule has 0 radical (unpaired) electrons. The third-order valence-corrected chi connectivity index (χ3v) is 3.93. The summed E-state index contributed by atoms with van der Waals surface area (Å²) >= 11 is 3.41. The van der Waals surface area contributed by atoms with E-state index in [0.717, 1.165) is 38.4 Å². The number of aromatic nitrogens is 5. The predicted molar refractivity (Wildman–Crippen MR) is 92.9 cm³/mol. The van der Waals surface area contributed by atoms with Gasteiger partial charge in [-0.25, -0.2) is 15.0 Å². The minimum absolute atomic E-state index is 0.710. The van der Waals surface area contributed by atoms with Crippen LogP contribution in [-0.4, -0.2) is 24.9 Å². The highest BCUT2D eigenvalue weighted by atomic mass is 79.9. The average molecular weight is 369 g/mol. The van der Waals surface area contributed by atoms with Crippen LogP contribution in [0.1, 0.15) is 5.69 Å². The molecule has 3 heterocycles. The topological polar surface area (TPSA) is 82.3 Å². The number of nitrogens with one attached hydrogen (secondary N) is 3. The number of benzene rings is 1. The molecule has 0 aliphatic rings. The Morgan fingerprint density at radius 2 is 2.00 bits per heavy atom. The summed E-state index contributed by atoms with van der Waals surface area (Å²) in [5.74, 6) is 0.811. The van der Waals surface area contributed by atoms with Gasteiger partial charge >= 0.3 is 0 Å². The molecule has 0 amide bonds. The SMILES string of the molecule is Brc1cnc2[nH]c(-c3ccc(NCc4cnc[nH]4)cc3)nc2c1. The minimum Gasteiger partial charge on any atom is -0.379 e. The second-order valence-corrected chi connectivity index (χ2v) is 6.03. The van der Waals surface area contributed by atoms with E-state index in [9.17, 15) is 0 Å². The van der Waals surface area contributed by atoms with Gasteiger partial charge in [-0.3, -0.25) is 0 Å². The van der Waals surface area contributed by atoms with Crippen molar-refractivity contribution in [1.82, 2.24) is 24.9 Å². The average Bonchev–Trinajstić information content (AvgIpc) is 3.22. The first kappa shape index (κ1) is 14.0. The quantitative estimate of drug-likeness (QED) is 0.512. The summed E-state index contributed by atoms with van der Waals surface area (Å²) in [6.07, 6.45) is 5.24. The van der Waals surface area contributed by atoms with E-state index in [1.54, 1.807) is 18.7 Å². The van der Waals surface area contributed by atoms with Gasteiger partial charge in [0.1, 0.15) is 11.3 Å². The van der Waals surface area contributed by atoms with E-state index in [-0.39, 0.29) is 0 Å².